The Morgan fingerprint density at radius 2 is 2.00 bits per heavy atom. The number of anilines is 2. The highest BCUT2D eigenvalue weighted by atomic mass is 35.5. The molecule has 0 bridgehead atoms. The summed E-state index contributed by atoms with van der Waals surface area (Å²) in [7, 11) is 1.61. The van der Waals surface area contributed by atoms with Crippen LogP contribution in [0.2, 0.25) is 5.15 Å². The van der Waals surface area contributed by atoms with Gasteiger partial charge in [-0.2, -0.15) is 0 Å². The van der Waals surface area contributed by atoms with Gasteiger partial charge in [-0.25, -0.2) is 4.98 Å². The van der Waals surface area contributed by atoms with Gasteiger partial charge in [-0.05, 0) is 32.0 Å². The van der Waals surface area contributed by atoms with Crippen LogP contribution in [0.15, 0.2) is 53.7 Å². The minimum absolute atomic E-state index is 0.116. The van der Waals surface area contributed by atoms with E-state index in [-0.39, 0.29) is 17.5 Å². The van der Waals surface area contributed by atoms with Crippen molar-refractivity contribution in [2.45, 2.75) is 19.9 Å². The number of amides is 1. The molecule has 144 valence electrons. The number of hydrogen-bond donors (Lipinski definition) is 2. The molecule has 3 rings (SSSR count). The monoisotopic (exact) mass is 397 g/mol. The van der Waals surface area contributed by atoms with Crippen molar-refractivity contribution in [1.29, 1.82) is 0 Å². The number of nitrogens with one attached hydrogen (secondary N) is 2. The predicted molar refractivity (Wildman–Crippen MR) is 110 cm³/mol. The smallest absolute Gasteiger partial charge is 0.257 e. The standard InChI is InChI=1S/C20H20ClN5O2/c1-12-8-14(11-26(3)20(12)28)19(27)25-17-10-23-18(21)9-16(17)24-13(2)15-6-4-5-7-22-15/h4-11,13H,1-3H3,(H,23,24)(H,25,27). The summed E-state index contributed by atoms with van der Waals surface area (Å²) < 4.78 is 1.38. The lowest BCUT2D eigenvalue weighted by molar-refractivity contribution is 0.102. The average Bonchev–Trinajstić information content (AvgIpc) is 2.68. The fraction of sp³-hybridized carbons (Fsp3) is 0.200. The average molecular weight is 398 g/mol. The van der Waals surface area contributed by atoms with Gasteiger partial charge >= 0.3 is 0 Å². The van der Waals surface area contributed by atoms with Crippen LogP contribution >= 0.6 is 11.6 Å². The van der Waals surface area contributed by atoms with Crippen LogP contribution in [0.5, 0.6) is 0 Å². The molecule has 3 aromatic heterocycles. The summed E-state index contributed by atoms with van der Waals surface area (Å²) in [5, 5.41) is 6.42. The zero-order valence-corrected chi connectivity index (χ0v) is 16.5. The van der Waals surface area contributed by atoms with Crippen LogP contribution in [0.1, 0.15) is 34.6 Å². The van der Waals surface area contributed by atoms with Gasteiger partial charge in [0.25, 0.3) is 11.5 Å². The summed E-state index contributed by atoms with van der Waals surface area (Å²) in [6, 6.07) is 8.75. The molecule has 0 aliphatic carbocycles. The Hall–Kier alpha value is -3.19. The number of rotatable bonds is 5. The maximum absolute atomic E-state index is 12.7. The van der Waals surface area contributed by atoms with E-state index in [2.05, 4.69) is 20.6 Å². The summed E-state index contributed by atoms with van der Waals surface area (Å²) in [4.78, 5) is 32.9. The minimum atomic E-state index is -0.351. The number of hydrogen-bond acceptors (Lipinski definition) is 5. The van der Waals surface area contributed by atoms with Crippen LogP contribution < -0.4 is 16.2 Å². The van der Waals surface area contributed by atoms with E-state index in [9.17, 15) is 9.59 Å². The SMILES string of the molecule is Cc1cc(C(=O)Nc2cnc(Cl)cc2NC(C)c2ccccn2)cn(C)c1=O. The van der Waals surface area contributed by atoms with Crippen molar-refractivity contribution in [1.82, 2.24) is 14.5 Å². The van der Waals surface area contributed by atoms with Crippen LogP contribution in [0.4, 0.5) is 11.4 Å². The van der Waals surface area contributed by atoms with Crippen LogP contribution in [-0.4, -0.2) is 20.4 Å². The summed E-state index contributed by atoms with van der Waals surface area (Å²) in [6.45, 7) is 3.63. The second kappa shape index (κ2) is 8.22. The van der Waals surface area contributed by atoms with E-state index in [0.717, 1.165) is 5.69 Å². The molecule has 1 atom stereocenters. The van der Waals surface area contributed by atoms with E-state index < -0.39 is 0 Å². The Bertz CT molecular complexity index is 1040. The summed E-state index contributed by atoms with van der Waals surface area (Å²) in [5.74, 6) is -0.351. The Labute approximate surface area is 167 Å². The van der Waals surface area contributed by atoms with Crippen molar-refractivity contribution in [2.75, 3.05) is 10.6 Å². The van der Waals surface area contributed by atoms with Gasteiger partial charge in [0.15, 0.2) is 0 Å². The van der Waals surface area contributed by atoms with Gasteiger partial charge in [-0.15, -0.1) is 0 Å². The quantitative estimate of drug-likeness (QED) is 0.642. The second-order valence-corrected chi connectivity index (χ2v) is 6.84. The molecule has 1 unspecified atom stereocenters. The minimum Gasteiger partial charge on any atom is -0.375 e. The number of carbonyl (C=O) groups excluding carboxylic acids is 1. The summed E-state index contributed by atoms with van der Waals surface area (Å²) >= 11 is 6.04. The fourth-order valence-electron chi connectivity index (χ4n) is 2.78. The highest BCUT2D eigenvalue weighted by molar-refractivity contribution is 6.29. The molecule has 0 saturated carbocycles. The molecular weight excluding hydrogens is 378 g/mol. The molecule has 0 aromatic carbocycles. The second-order valence-electron chi connectivity index (χ2n) is 6.46. The number of carbonyl (C=O) groups is 1. The first kappa shape index (κ1) is 19.6. The maximum atomic E-state index is 12.7. The Kier molecular flexibility index (Phi) is 5.75. The fourth-order valence-corrected chi connectivity index (χ4v) is 2.94. The highest BCUT2D eigenvalue weighted by Gasteiger charge is 2.15. The van der Waals surface area contributed by atoms with Crippen molar-refractivity contribution >= 4 is 28.9 Å². The molecule has 0 aliphatic rings. The molecule has 0 aliphatic heterocycles. The third-order valence-electron chi connectivity index (χ3n) is 4.25. The van der Waals surface area contributed by atoms with Gasteiger partial charge in [0.2, 0.25) is 0 Å². The van der Waals surface area contributed by atoms with E-state index in [1.807, 2.05) is 25.1 Å². The van der Waals surface area contributed by atoms with Crippen LogP contribution in [-0.2, 0) is 7.05 Å². The maximum Gasteiger partial charge on any atom is 0.257 e. The predicted octanol–water partition coefficient (Wildman–Crippen LogP) is 3.56. The van der Waals surface area contributed by atoms with Crippen molar-refractivity contribution < 1.29 is 4.79 Å². The normalized spacial score (nSPS) is 11.7. The topological polar surface area (TPSA) is 88.9 Å². The van der Waals surface area contributed by atoms with Gasteiger partial charge in [-0.3, -0.25) is 14.6 Å². The highest BCUT2D eigenvalue weighted by Crippen LogP contribution is 2.28. The first-order chi connectivity index (χ1) is 13.3. The Morgan fingerprint density at radius 1 is 1.21 bits per heavy atom. The van der Waals surface area contributed by atoms with Crippen LogP contribution in [0.3, 0.4) is 0 Å². The van der Waals surface area contributed by atoms with Crippen molar-refractivity contribution in [3.63, 3.8) is 0 Å². The third kappa shape index (κ3) is 4.37. The van der Waals surface area contributed by atoms with Crippen LogP contribution in [0.25, 0.3) is 0 Å². The first-order valence-electron chi connectivity index (χ1n) is 8.67. The van der Waals surface area contributed by atoms with E-state index in [0.29, 0.717) is 27.7 Å². The molecule has 8 heteroatoms. The van der Waals surface area contributed by atoms with E-state index in [1.54, 1.807) is 32.3 Å². The summed E-state index contributed by atoms with van der Waals surface area (Å²) in [5.41, 5.74) is 2.67. The molecule has 1 amide bonds. The zero-order chi connectivity index (χ0) is 20.3. The molecule has 7 nitrogen and oxygen atoms in total. The van der Waals surface area contributed by atoms with Crippen molar-refractivity contribution in [3.8, 4) is 0 Å². The Balaban J connectivity index is 1.86. The molecule has 0 fully saturated rings. The molecule has 2 N–H and O–H groups in total. The number of pyridine rings is 3. The van der Waals surface area contributed by atoms with Gasteiger partial charge < -0.3 is 15.2 Å². The lowest BCUT2D eigenvalue weighted by Crippen LogP contribution is -2.23. The molecule has 3 heterocycles. The Morgan fingerprint density at radius 3 is 2.68 bits per heavy atom. The molecule has 0 radical (unpaired) electrons. The molecule has 28 heavy (non-hydrogen) atoms. The zero-order valence-electron chi connectivity index (χ0n) is 15.7. The number of aryl methyl sites for hydroxylation is 2. The van der Waals surface area contributed by atoms with Gasteiger partial charge in [0.1, 0.15) is 5.15 Å². The number of nitrogens with zero attached hydrogens (tertiary/aromatic N) is 3. The van der Waals surface area contributed by atoms with Gasteiger partial charge in [0.05, 0.1) is 34.9 Å². The molecule has 0 spiro atoms. The van der Waals surface area contributed by atoms with E-state index >= 15 is 0 Å². The largest absolute Gasteiger partial charge is 0.375 e. The summed E-state index contributed by atoms with van der Waals surface area (Å²) in [6.07, 6.45) is 4.71. The van der Waals surface area contributed by atoms with Gasteiger partial charge in [0, 0.05) is 31.1 Å². The van der Waals surface area contributed by atoms with Gasteiger partial charge in [-0.1, -0.05) is 17.7 Å². The number of aromatic nitrogens is 3. The molecular formula is C20H20ClN5O2. The van der Waals surface area contributed by atoms with E-state index in [1.165, 1.54) is 17.0 Å². The van der Waals surface area contributed by atoms with E-state index in [4.69, 9.17) is 11.6 Å². The molecule has 3 aromatic rings. The third-order valence-corrected chi connectivity index (χ3v) is 4.45. The first-order valence-corrected chi connectivity index (χ1v) is 9.04. The van der Waals surface area contributed by atoms with Crippen molar-refractivity contribution in [3.05, 3.63) is 81.3 Å². The van der Waals surface area contributed by atoms with Crippen LogP contribution in [0, 0.1) is 6.92 Å². The van der Waals surface area contributed by atoms with Crippen molar-refractivity contribution in [2.24, 2.45) is 7.05 Å². The number of halogens is 1. The molecule has 0 saturated heterocycles. The lowest BCUT2D eigenvalue weighted by atomic mass is 10.2. The lowest BCUT2D eigenvalue weighted by Gasteiger charge is -2.18.